The molecule has 0 radical (unpaired) electrons. The van der Waals surface area contributed by atoms with Crippen LogP contribution in [0.5, 0.6) is 0 Å². The van der Waals surface area contributed by atoms with E-state index >= 15 is 0 Å². The van der Waals surface area contributed by atoms with Crippen LogP contribution in [0.25, 0.3) is 0 Å². The van der Waals surface area contributed by atoms with E-state index in [1.165, 1.54) is 13.0 Å². The highest BCUT2D eigenvalue weighted by Gasteiger charge is 2.14. The van der Waals surface area contributed by atoms with Gasteiger partial charge in [-0.15, -0.1) is 0 Å². The molecule has 0 aliphatic rings. The third-order valence-corrected chi connectivity index (χ3v) is 3.13. The smallest absolute Gasteiger partial charge is 0.293 e. The van der Waals surface area contributed by atoms with Crippen LogP contribution < -0.4 is 10.6 Å². The molecule has 2 rings (SSSR count). The van der Waals surface area contributed by atoms with E-state index in [9.17, 15) is 14.9 Å². The molecule has 21 heavy (non-hydrogen) atoms. The molecule has 1 amide bonds. The number of hydrogen-bond acceptors (Lipinski definition) is 4. The molecule has 0 aliphatic carbocycles. The Hall–Kier alpha value is -2.41. The highest BCUT2D eigenvalue weighted by Crippen LogP contribution is 2.30. The highest BCUT2D eigenvalue weighted by atomic mass is 79.9. The molecular formula is C14H12BrN3O3. The van der Waals surface area contributed by atoms with E-state index in [0.29, 0.717) is 21.5 Å². The topological polar surface area (TPSA) is 84.3 Å². The number of carbonyl (C=O) groups excluding carboxylic acids is 1. The number of nitro groups is 1. The molecule has 6 nitrogen and oxygen atoms in total. The Kier molecular flexibility index (Phi) is 4.54. The minimum absolute atomic E-state index is 0.0182. The van der Waals surface area contributed by atoms with Gasteiger partial charge in [0.15, 0.2) is 0 Å². The van der Waals surface area contributed by atoms with E-state index in [1.807, 2.05) is 0 Å². The van der Waals surface area contributed by atoms with Crippen LogP contribution in [-0.2, 0) is 4.79 Å². The van der Waals surface area contributed by atoms with Crippen LogP contribution in [0.1, 0.15) is 6.92 Å². The van der Waals surface area contributed by atoms with Crippen molar-refractivity contribution in [3.8, 4) is 0 Å². The molecule has 2 aromatic carbocycles. The molecular weight excluding hydrogens is 338 g/mol. The van der Waals surface area contributed by atoms with Crippen molar-refractivity contribution in [2.75, 3.05) is 10.6 Å². The monoisotopic (exact) mass is 349 g/mol. The van der Waals surface area contributed by atoms with E-state index in [4.69, 9.17) is 0 Å². The van der Waals surface area contributed by atoms with Crippen molar-refractivity contribution in [3.63, 3.8) is 0 Å². The molecule has 108 valence electrons. The lowest BCUT2D eigenvalue weighted by molar-refractivity contribution is -0.384. The third-order valence-electron chi connectivity index (χ3n) is 2.64. The van der Waals surface area contributed by atoms with E-state index in [0.717, 1.165) is 0 Å². The van der Waals surface area contributed by atoms with Crippen molar-refractivity contribution in [2.24, 2.45) is 0 Å². The van der Waals surface area contributed by atoms with E-state index in [-0.39, 0.29) is 11.6 Å². The Morgan fingerprint density at radius 1 is 1.14 bits per heavy atom. The maximum Gasteiger partial charge on any atom is 0.293 e. The second-order valence-corrected chi connectivity index (χ2v) is 5.22. The lowest BCUT2D eigenvalue weighted by Gasteiger charge is -2.08. The first-order chi connectivity index (χ1) is 9.95. The first-order valence-corrected chi connectivity index (χ1v) is 6.83. The summed E-state index contributed by atoms with van der Waals surface area (Å²) in [5.74, 6) is -0.153. The lowest BCUT2D eigenvalue weighted by atomic mass is 10.2. The van der Waals surface area contributed by atoms with Crippen molar-refractivity contribution in [1.29, 1.82) is 0 Å². The quantitative estimate of drug-likeness (QED) is 0.643. The summed E-state index contributed by atoms with van der Waals surface area (Å²) in [7, 11) is 0. The lowest BCUT2D eigenvalue weighted by Crippen LogP contribution is -2.05. The number of nitrogens with zero attached hydrogens (tertiary/aromatic N) is 1. The number of benzene rings is 2. The van der Waals surface area contributed by atoms with Crippen molar-refractivity contribution in [2.45, 2.75) is 6.92 Å². The molecule has 0 bridgehead atoms. The van der Waals surface area contributed by atoms with E-state index in [2.05, 4.69) is 26.6 Å². The van der Waals surface area contributed by atoms with Gasteiger partial charge in [-0.05, 0) is 36.4 Å². The molecule has 0 atom stereocenters. The van der Waals surface area contributed by atoms with E-state index in [1.54, 1.807) is 36.4 Å². The minimum atomic E-state index is -0.446. The van der Waals surface area contributed by atoms with Gasteiger partial charge in [-0.2, -0.15) is 0 Å². The van der Waals surface area contributed by atoms with Crippen LogP contribution in [0.4, 0.5) is 22.7 Å². The zero-order valence-electron chi connectivity index (χ0n) is 11.1. The standard InChI is InChI=1S/C14H12BrN3O3/c1-9(19)16-11-3-5-12(6-4-11)17-13-7-2-10(15)8-14(13)18(20)21/h2-8,17H,1H3,(H,16,19). The van der Waals surface area contributed by atoms with Gasteiger partial charge < -0.3 is 10.6 Å². The summed E-state index contributed by atoms with van der Waals surface area (Å²) < 4.78 is 0.640. The second kappa shape index (κ2) is 6.36. The molecule has 0 aliphatic heterocycles. The second-order valence-electron chi connectivity index (χ2n) is 4.30. The predicted molar refractivity (Wildman–Crippen MR) is 84.8 cm³/mol. The average molecular weight is 350 g/mol. The summed E-state index contributed by atoms with van der Waals surface area (Å²) in [4.78, 5) is 21.5. The highest BCUT2D eigenvalue weighted by molar-refractivity contribution is 9.10. The Balaban J connectivity index is 2.22. The van der Waals surface area contributed by atoms with Crippen LogP contribution >= 0.6 is 15.9 Å². The van der Waals surface area contributed by atoms with Crippen LogP contribution in [0.2, 0.25) is 0 Å². The fourth-order valence-electron chi connectivity index (χ4n) is 1.76. The number of halogens is 1. The summed E-state index contributed by atoms with van der Waals surface area (Å²) in [6.45, 7) is 1.43. The van der Waals surface area contributed by atoms with E-state index < -0.39 is 4.92 Å². The largest absolute Gasteiger partial charge is 0.350 e. The number of nitro benzene ring substituents is 1. The molecule has 7 heteroatoms. The number of carbonyl (C=O) groups is 1. The molecule has 0 unspecified atom stereocenters. The average Bonchev–Trinajstić information content (AvgIpc) is 2.42. The maximum absolute atomic E-state index is 11.0. The van der Waals surface area contributed by atoms with Gasteiger partial charge in [0.2, 0.25) is 5.91 Å². The first kappa shape index (κ1) is 15.0. The molecule has 0 heterocycles. The Morgan fingerprint density at radius 3 is 2.33 bits per heavy atom. The molecule has 0 saturated heterocycles. The zero-order valence-corrected chi connectivity index (χ0v) is 12.7. The Bertz CT molecular complexity index is 686. The summed E-state index contributed by atoms with van der Waals surface area (Å²) in [5.41, 5.74) is 1.73. The zero-order chi connectivity index (χ0) is 15.4. The summed E-state index contributed by atoms with van der Waals surface area (Å²) in [6, 6.07) is 11.7. The summed E-state index contributed by atoms with van der Waals surface area (Å²) in [6.07, 6.45) is 0. The van der Waals surface area contributed by atoms with Gasteiger partial charge in [0.1, 0.15) is 5.69 Å². The molecule has 0 spiro atoms. The number of anilines is 3. The molecule has 0 fully saturated rings. The minimum Gasteiger partial charge on any atom is -0.350 e. The SMILES string of the molecule is CC(=O)Nc1ccc(Nc2ccc(Br)cc2[N+](=O)[O-])cc1. The Labute approximate surface area is 129 Å². The van der Waals surface area contributed by atoms with Gasteiger partial charge in [0, 0.05) is 28.8 Å². The number of rotatable bonds is 4. The van der Waals surface area contributed by atoms with Gasteiger partial charge in [0.25, 0.3) is 5.69 Å². The van der Waals surface area contributed by atoms with Crippen molar-refractivity contribution >= 4 is 44.6 Å². The van der Waals surface area contributed by atoms with Crippen molar-refractivity contribution in [1.82, 2.24) is 0 Å². The van der Waals surface area contributed by atoms with Gasteiger partial charge in [-0.25, -0.2) is 0 Å². The first-order valence-electron chi connectivity index (χ1n) is 6.04. The number of amides is 1. The van der Waals surface area contributed by atoms with Crippen LogP contribution in [-0.4, -0.2) is 10.8 Å². The molecule has 2 N–H and O–H groups in total. The normalized spacial score (nSPS) is 10.0. The molecule has 2 aromatic rings. The molecule has 0 saturated carbocycles. The number of hydrogen-bond donors (Lipinski definition) is 2. The third kappa shape index (κ3) is 4.03. The summed E-state index contributed by atoms with van der Waals surface area (Å²) >= 11 is 3.21. The predicted octanol–water partition coefficient (Wildman–Crippen LogP) is 4.06. The van der Waals surface area contributed by atoms with Crippen molar-refractivity contribution in [3.05, 3.63) is 57.1 Å². The number of nitrogens with one attached hydrogen (secondary N) is 2. The van der Waals surface area contributed by atoms with Gasteiger partial charge >= 0.3 is 0 Å². The maximum atomic E-state index is 11.0. The van der Waals surface area contributed by atoms with Crippen LogP contribution in [0, 0.1) is 10.1 Å². The Morgan fingerprint density at radius 2 is 1.76 bits per heavy atom. The fraction of sp³-hybridized carbons (Fsp3) is 0.0714. The van der Waals surface area contributed by atoms with Crippen LogP contribution in [0.15, 0.2) is 46.9 Å². The van der Waals surface area contributed by atoms with Crippen molar-refractivity contribution < 1.29 is 9.72 Å². The molecule has 0 aromatic heterocycles. The van der Waals surface area contributed by atoms with Gasteiger partial charge in [-0.3, -0.25) is 14.9 Å². The summed E-state index contributed by atoms with van der Waals surface area (Å²) in [5, 5.41) is 16.7. The van der Waals surface area contributed by atoms with Crippen LogP contribution in [0.3, 0.4) is 0 Å². The van der Waals surface area contributed by atoms with Gasteiger partial charge in [0.05, 0.1) is 4.92 Å². The fourth-order valence-corrected chi connectivity index (χ4v) is 2.11. The van der Waals surface area contributed by atoms with Gasteiger partial charge in [-0.1, -0.05) is 15.9 Å².